The number of hydrogen-bond acceptors (Lipinski definition) is 1. The standard InChI is InChI=1S/C11H21F3O/c1-4-5-6-7-10(8-15,9(2)3)11(12,13)14/h9,15H,4-8H2,1-3H3. The molecule has 0 fully saturated rings. The van der Waals surface area contributed by atoms with Crippen LogP contribution in [0.4, 0.5) is 13.2 Å². The van der Waals surface area contributed by atoms with Crippen LogP contribution in [0.25, 0.3) is 0 Å². The minimum absolute atomic E-state index is 0.0263. The van der Waals surface area contributed by atoms with Crippen molar-refractivity contribution in [2.45, 2.75) is 52.6 Å². The van der Waals surface area contributed by atoms with Gasteiger partial charge in [-0.2, -0.15) is 13.2 Å². The number of aliphatic hydroxyl groups is 1. The van der Waals surface area contributed by atoms with Crippen molar-refractivity contribution in [3.05, 3.63) is 0 Å². The third-order valence-electron chi connectivity index (χ3n) is 3.18. The fraction of sp³-hybridized carbons (Fsp3) is 1.00. The molecule has 0 saturated carbocycles. The predicted octanol–water partition coefficient (Wildman–Crippen LogP) is 3.76. The maximum absolute atomic E-state index is 12.9. The zero-order valence-corrected chi connectivity index (χ0v) is 9.69. The number of rotatable bonds is 6. The van der Waals surface area contributed by atoms with Crippen LogP contribution in [0, 0.1) is 11.3 Å². The van der Waals surface area contributed by atoms with Gasteiger partial charge in [0.1, 0.15) is 0 Å². The number of halogens is 3. The van der Waals surface area contributed by atoms with Gasteiger partial charge in [-0.3, -0.25) is 0 Å². The van der Waals surface area contributed by atoms with Crippen LogP contribution in [0.1, 0.15) is 46.5 Å². The first kappa shape index (κ1) is 14.8. The summed E-state index contributed by atoms with van der Waals surface area (Å²) >= 11 is 0. The highest BCUT2D eigenvalue weighted by atomic mass is 19.4. The molecule has 0 aliphatic heterocycles. The Hall–Kier alpha value is -0.250. The fourth-order valence-corrected chi connectivity index (χ4v) is 1.80. The van der Waals surface area contributed by atoms with Crippen molar-refractivity contribution in [3.8, 4) is 0 Å². The summed E-state index contributed by atoms with van der Waals surface area (Å²) in [6.07, 6.45) is -2.10. The van der Waals surface area contributed by atoms with Gasteiger partial charge in [0.15, 0.2) is 0 Å². The summed E-state index contributed by atoms with van der Waals surface area (Å²) in [7, 11) is 0. The Kier molecular flexibility index (Phi) is 5.63. The molecule has 0 aromatic heterocycles. The third-order valence-corrected chi connectivity index (χ3v) is 3.18. The normalized spacial score (nSPS) is 16.8. The molecule has 1 N–H and O–H groups in total. The second kappa shape index (κ2) is 5.73. The molecule has 0 heterocycles. The van der Waals surface area contributed by atoms with E-state index in [1.54, 1.807) is 0 Å². The Morgan fingerprint density at radius 2 is 1.67 bits per heavy atom. The van der Waals surface area contributed by atoms with Crippen LogP contribution in [0.3, 0.4) is 0 Å². The molecule has 0 amide bonds. The molecule has 0 aliphatic carbocycles. The van der Waals surface area contributed by atoms with E-state index in [9.17, 15) is 13.2 Å². The lowest BCUT2D eigenvalue weighted by Gasteiger charge is -2.37. The van der Waals surface area contributed by atoms with Gasteiger partial charge in [-0.1, -0.05) is 40.0 Å². The van der Waals surface area contributed by atoms with E-state index in [0.29, 0.717) is 6.42 Å². The first-order valence-electron chi connectivity index (χ1n) is 5.49. The van der Waals surface area contributed by atoms with Crippen molar-refractivity contribution in [3.63, 3.8) is 0 Å². The van der Waals surface area contributed by atoms with Crippen molar-refractivity contribution < 1.29 is 18.3 Å². The van der Waals surface area contributed by atoms with Gasteiger partial charge in [0, 0.05) is 0 Å². The summed E-state index contributed by atoms with van der Waals surface area (Å²) in [6, 6.07) is 0. The predicted molar refractivity (Wildman–Crippen MR) is 54.6 cm³/mol. The molecule has 1 atom stereocenters. The van der Waals surface area contributed by atoms with Crippen molar-refractivity contribution in [1.82, 2.24) is 0 Å². The minimum atomic E-state index is -4.32. The fourth-order valence-electron chi connectivity index (χ4n) is 1.80. The molecule has 4 heteroatoms. The smallest absolute Gasteiger partial charge is 0.395 e. The molecule has 15 heavy (non-hydrogen) atoms. The van der Waals surface area contributed by atoms with Crippen LogP contribution in [-0.4, -0.2) is 17.9 Å². The highest BCUT2D eigenvalue weighted by Crippen LogP contribution is 2.47. The summed E-state index contributed by atoms with van der Waals surface area (Å²) in [4.78, 5) is 0. The summed E-state index contributed by atoms with van der Waals surface area (Å²) in [5, 5.41) is 9.06. The molecule has 1 nitrogen and oxygen atoms in total. The number of aliphatic hydroxyl groups excluding tert-OH is 1. The Morgan fingerprint density at radius 1 is 1.13 bits per heavy atom. The molecule has 1 unspecified atom stereocenters. The lowest BCUT2D eigenvalue weighted by Crippen LogP contribution is -2.45. The van der Waals surface area contributed by atoms with E-state index in [1.165, 1.54) is 13.8 Å². The molecular formula is C11H21F3O. The highest BCUT2D eigenvalue weighted by Gasteiger charge is 2.55. The van der Waals surface area contributed by atoms with Gasteiger partial charge in [-0.05, 0) is 12.3 Å². The number of alkyl halides is 3. The summed E-state index contributed by atoms with van der Waals surface area (Å²) in [6.45, 7) is 4.19. The molecule has 0 spiro atoms. The van der Waals surface area contributed by atoms with E-state index in [4.69, 9.17) is 5.11 Å². The summed E-state index contributed by atoms with van der Waals surface area (Å²) in [5.41, 5.74) is -1.91. The van der Waals surface area contributed by atoms with Crippen molar-refractivity contribution in [1.29, 1.82) is 0 Å². The Morgan fingerprint density at radius 3 is 1.93 bits per heavy atom. The monoisotopic (exact) mass is 226 g/mol. The summed E-state index contributed by atoms with van der Waals surface area (Å²) in [5.74, 6) is -0.584. The van der Waals surface area contributed by atoms with Crippen LogP contribution in [0.5, 0.6) is 0 Å². The molecule has 0 saturated heterocycles. The van der Waals surface area contributed by atoms with Crippen molar-refractivity contribution in [2.75, 3.05) is 6.61 Å². The minimum Gasteiger partial charge on any atom is -0.395 e. The molecule has 0 bridgehead atoms. The van der Waals surface area contributed by atoms with Gasteiger partial charge in [0.05, 0.1) is 12.0 Å². The maximum atomic E-state index is 12.9. The van der Waals surface area contributed by atoms with E-state index in [-0.39, 0.29) is 6.42 Å². The second-order valence-corrected chi connectivity index (χ2v) is 4.42. The quantitative estimate of drug-likeness (QED) is 0.684. The molecule has 0 radical (unpaired) electrons. The first-order valence-corrected chi connectivity index (χ1v) is 5.49. The molecule has 92 valence electrons. The molecule has 0 aliphatic rings. The van der Waals surface area contributed by atoms with Crippen molar-refractivity contribution in [2.24, 2.45) is 11.3 Å². The van der Waals surface area contributed by atoms with Gasteiger partial charge in [0.25, 0.3) is 0 Å². The average Bonchev–Trinajstić information content (AvgIpc) is 2.10. The molecule has 0 aromatic rings. The SMILES string of the molecule is CCCCCC(CO)(C(C)C)C(F)(F)F. The Bertz CT molecular complexity index is 177. The lowest BCUT2D eigenvalue weighted by molar-refractivity contribution is -0.254. The van der Waals surface area contributed by atoms with Crippen LogP contribution in [0.15, 0.2) is 0 Å². The van der Waals surface area contributed by atoms with Gasteiger partial charge >= 0.3 is 6.18 Å². The van der Waals surface area contributed by atoms with E-state index < -0.39 is 24.1 Å². The van der Waals surface area contributed by atoms with Crippen LogP contribution >= 0.6 is 0 Å². The number of unbranched alkanes of at least 4 members (excludes halogenated alkanes) is 2. The highest BCUT2D eigenvalue weighted by molar-refractivity contribution is 4.88. The molecule has 0 aromatic carbocycles. The Labute approximate surface area is 89.7 Å². The average molecular weight is 226 g/mol. The zero-order chi connectivity index (χ0) is 12.1. The Balaban J connectivity index is 4.68. The molecule has 0 rings (SSSR count). The van der Waals surface area contributed by atoms with Crippen molar-refractivity contribution >= 4 is 0 Å². The van der Waals surface area contributed by atoms with E-state index in [1.807, 2.05) is 6.92 Å². The van der Waals surface area contributed by atoms with Gasteiger partial charge in [0.2, 0.25) is 0 Å². The maximum Gasteiger partial charge on any atom is 0.396 e. The van der Waals surface area contributed by atoms with Crippen LogP contribution in [0.2, 0.25) is 0 Å². The van der Waals surface area contributed by atoms with Gasteiger partial charge in [-0.15, -0.1) is 0 Å². The van der Waals surface area contributed by atoms with Gasteiger partial charge < -0.3 is 5.11 Å². The van der Waals surface area contributed by atoms with E-state index >= 15 is 0 Å². The van der Waals surface area contributed by atoms with E-state index in [2.05, 4.69) is 0 Å². The van der Waals surface area contributed by atoms with Gasteiger partial charge in [-0.25, -0.2) is 0 Å². The first-order chi connectivity index (χ1) is 6.81. The topological polar surface area (TPSA) is 20.2 Å². The summed E-state index contributed by atoms with van der Waals surface area (Å²) < 4.78 is 38.7. The van der Waals surface area contributed by atoms with Crippen LogP contribution < -0.4 is 0 Å². The third kappa shape index (κ3) is 3.37. The largest absolute Gasteiger partial charge is 0.396 e. The number of hydrogen-bond donors (Lipinski definition) is 1. The van der Waals surface area contributed by atoms with E-state index in [0.717, 1.165) is 12.8 Å². The molecular weight excluding hydrogens is 205 g/mol. The van der Waals surface area contributed by atoms with Crippen LogP contribution in [-0.2, 0) is 0 Å². The zero-order valence-electron chi connectivity index (χ0n) is 9.69. The lowest BCUT2D eigenvalue weighted by atomic mass is 9.73. The second-order valence-electron chi connectivity index (χ2n) is 4.42.